The van der Waals surface area contributed by atoms with Crippen LogP contribution in [0.15, 0.2) is 47.4 Å². The number of carbonyl (C=O) groups excluding carboxylic acids is 1. The third-order valence-electron chi connectivity index (χ3n) is 6.05. The number of nitrogens with zero attached hydrogens (tertiary/aromatic N) is 1. The highest BCUT2D eigenvalue weighted by Gasteiger charge is 2.31. The molecule has 0 saturated carbocycles. The summed E-state index contributed by atoms with van der Waals surface area (Å²) in [5, 5.41) is 13.0. The van der Waals surface area contributed by atoms with Gasteiger partial charge in [-0.05, 0) is 61.1 Å². The number of sulfonamides is 1. The molecule has 37 heavy (non-hydrogen) atoms. The van der Waals surface area contributed by atoms with Crippen molar-refractivity contribution in [2.75, 3.05) is 39.6 Å². The van der Waals surface area contributed by atoms with Gasteiger partial charge in [-0.3, -0.25) is 4.79 Å². The van der Waals surface area contributed by atoms with Gasteiger partial charge in [0.05, 0.1) is 25.7 Å². The Bertz CT molecular complexity index is 1090. The number of unbranched alkanes of at least 4 members (excludes halogenated alkanes) is 1. The molecule has 9 nitrogen and oxygen atoms in total. The molecule has 0 aliphatic heterocycles. The number of benzene rings is 2. The second kappa shape index (κ2) is 14.8. The number of ether oxygens (including phenoxy) is 2. The van der Waals surface area contributed by atoms with E-state index in [9.17, 15) is 18.3 Å². The Kier molecular flexibility index (Phi) is 12.2. The second-order valence-electron chi connectivity index (χ2n) is 9.40. The number of aliphatic hydroxyl groups excluding tert-OH is 1. The molecule has 4 N–H and O–H groups in total. The molecule has 0 aliphatic carbocycles. The number of aryl methyl sites for hydroxylation is 1. The van der Waals surface area contributed by atoms with Crippen LogP contribution < -0.4 is 20.5 Å². The molecule has 2 aromatic rings. The summed E-state index contributed by atoms with van der Waals surface area (Å²) in [6.07, 6.45) is 2.67. The van der Waals surface area contributed by atoms with E-state index in [1.807, 2.05) is 26.0 Å². The van der Waals surface area contributed by atoms with Crippen molar-refractivity contribution in [2.45, 2.75) is 56.9 Å². The molecule has 0 fully saturated rings. The molecule has 0 unspecified atom stereocenters. The van der Waals surface area contributed by atoms with E-state index in [1.54, 1.807) is 32.4 Å². The van der Waals surface area contributed by atoms with Crippen LogP contribution in [-0.4, -0.2) is 63.7 Å². The number of nitrogen functional groups attached to an aromatic ring is 1. The SMILES string of the molecule is COc1ccc(CCC(=O)NCCCC[C@@H](CO)N(CC(C)C)S(=O)(=O)c2ccc(N)cc2)c(OC)c1. The smallest absolute Gasteiger partial charge is 0.243 e. The lowest BCUT2D eigenvalue weighted by atomic mass is 10.1. The van der Waals surface area contributed by atoms with Crippen LogP contribution in [0.3, 0.4) is 0 Å². The fourth-order valence-corrected chi connectivity index (χ4v) is 5.84. The lowest BCUT2D eigenvalue weighted by Crippen LogP contribution is -2.44. The maximum absolute atomic E-state index is 13.3. The third-order valence-corrected chi connectivity index (χ3v) is 7.98. The van der Waals surface area contributed by atoms with Crippen LogP contribution in [0, 0.1) is 5.92 Å². The summed E-state index contributed by atoms with van der Waals surface area (Å²) in [6, 6.07) is 11.1. The van der Waals surface area contributed by atoms with Crippen LogP contribution in [-0.2, 0) is 21.2 Å². The van der Waals surface area contributed by atoms with Gasteiger partial charge in [0.1, 0.15) is 11.5 Å². The van der Waals surface area contributed by atoms with Gasteiger partial charge in [-0.25, -0.2) is 8.42 Å². The highest BCUT2D eigenvalue weighted by molar-refractivity contribution is 7.89. The van der Waals surface area contributed by atoms with Gasteiger partial charge in [-0.1, -0.05) is 26.3 Å². The van der Waals surface area contributed by atoms with E-state index in [2.05, 4.69) is 5.32 Å². The minimum Gasteiger partial charge on any atom is -0.497 e. The van der Waals surface area contributed by atoms with Crippen LogP contribution in [0.25, 0.3) is 0 Å². The first-order valence-corrected chi connectivity index (χ1v) is 14.0. The number of hydrogen-bond donors (Lipinski definition) is 3. The van der Waals surface area contributed by atoms with Crippen molar-refractivity contribution in [1.82, 2.24) is 9.62 Å². The van der Waals surface area contributed by atoms with Gasteiger partial charge in [-0.15, -0.1) is 0 Å². The number of rotatable bonds is 16. The van der Waals surface area contributed by atoms with Gasteiger partial charge in [0.25, 0.3) is 0 Å². The predicted octanol–water partition coefficient (Wildman–Crippen LogP) is 3.21. The maximum atomic E-state index is 13.3. The first-order chi connectivity index (χ1) is 17.6. The van der Waals surface area contributed by atoms with Gasteiger partial charge in [-0.2, -0.15) is 4.31 Å². The van der Waals surface area contributed by atoms with E-state index in [1.165, 1.54) is 16.4 Å². The topological polar surface area (TPSA) is 131 Å². The fraction of sp³-hybridized carbons (Fsp3) is 0.519. The number of hydrogen-bond acceptors (Lipinski definition) is 7. The average Bonchev–Trinajstić information content (AvgIpc) is 2.88. The molecule has 2 aromatic carbocycles. The first-order valence-electron chi connectivity index (χ1n) is 12.6. The lowest BCUT2D eigenvalue weighted by Gasteiger charge is -2.31. The van der Waals surface area contributed by atoms with Crippen molar-refractivity contribution < 1.29 is 27.8 Å². The number of aliphatic hydroxyl groups is 1. The van der Waals surface area contributed by atoms with Gasteiger partial charge in [0, 0.05) is 37.3 Å². The molecule has 0 aromatic heterocycles. The third kappa shape index (κ3) is 9.21. The summed E-state index contributed by atoms with van der Waals surface area (Å²) in [7, 11) is -0.621. The standard InChI is InChI=1S/C27H41N3O6S/c1-20(2)18-30(37(33,34)25-13-10-22(28)11-14-25)23(19-31)7-5-6-16-29-27(32)15-9-21-8-12-24(35-3)17-26(21)36-4/h8,10-14,17,20,23,31H,5-7,9,15-16,18-19,28H2,1-4H3,(H,29,32)/t23-/m0/s1. The van der Waals surface area contributed by atoms with Crippen molar-refractivity contribution in [3.05, 3.63) is 48.0 Å². The van der Waals surface area contributed by atoms with Crippen molar-refractivity contribution in [3.8, 4) is 11.5 Å². The molecule has 1 amide bonds. The summed E-state index contributed by atoms with van der Waals surface area (Å²) in [5.74, 6) is 1.40. The molecule has 0 heterocycles. The van der Waals surface area contributed by atoms with Crippen molar-refractivity contribution in [3.63, 3.8) is 0 Å². The van der Waals surface area contributed by atoms with Crippen LogP contribution in [0.4, 0.5) is 5.69 Å². The van der Waals surface area contributed by atoms with E-state index < -0.39 is 16.1 Å². The normalized spacial score (nSPS) is 12.5. The van der Waals surface area contributed by atoms with E-state index in [0.717, 1.165) is 5.56 Å². The summed E-state index contributed by atoms with van der Waals surface area (Å²) < 4.78 is 38.6. The van der Waals surface area contributed by atoms with Crippen LogP contribution in [0.5, 0.6) is 11.5 Å². The van der Waals surface area contributed by atoms with Gasteiger partial charge in [0.15, 0.2) is 0 Å². The highest BCUT2D eigenvalue weighted by Crippen LogP contribution is 2.26. The van der Waals surface area contributed by atoms with E-state index in [-0.39, 0.29) is 23.3 Å². The molecule has 0 aliphatic rings. The Morgan fingerprint density at radius 3 is 2.38 bits per heavy atom. The van der Waals surface area contributed by atoms with Crippen LogP contribution in [0.2, 0.25) is 0 Å². The van der Waals surface area contributed by atoms with Crippen LogP contribution >= 0.6 is 0 Å². The van der Waals surface area contributed by atoms with Crippen molar-refractivity contribution in [1.29, 1.82) is 0 Å². The Morgan fingerprint density at radius 1 is 1.08 bits per heavy atom. The molecule has 206 valence electrons. The number of amides is 1. The number of anilines is 1. The predicted molar refractivity (Wildman–Crippen MR) is 145 cm³/mol. The molecule has 10 heteroatoms. The Balaban J connectivity index is 1.87. The fourth-order valence-electron chi connectivity index (χ4n) is 4.03. The second-order valence-corrected chi connectivity index (χ2v) is 11.3. The zero-order chi connectivity index (χ0) is 27.4. The minimum absolute atomic E-state index is 0.0658. The molecule has 0 bridgehead atoms. The number of methoxy groups -OCH3 is 2. The molecule has 1 atom stereocenters. The highest BCUT2D eigenvalue weighted by atomic mass is 32.2. The monoisotopic (exact) mass is 535 g/mol. The first kappa shape index (κ1) is 30.4. The van der Waals surface area contributed by atoms with Gasteiger partial charge < -0.3 is 25.6 Å². The summed E-state index contributed by atoms with van der Waals surface area (Å²) in [6.45, 7) is 4.38. The summed E-state index contributed by atoms with van der Waals surface area (Å²) in [5.41, 5.74) is 7.12. The molecule has 0 saturated heterocycles. The van der Waals surface area contributed by atoms with E-state index >= 15 is 0 Å². The number of nitrogens with one attached hydrogen (secondary N) is 1. The number of carbonyl (C=O) groups is 1. The van der Waals surface area contributed by atoms with Crippen molar-refractivity contribution in [2.24, 2.45) is 5.92 Å². The van der Waals surface area contributed by atoms with Crippen molar-refractivity contribution >= 4 is 21.6 Å². The van der Waals surface area contributed by atoms with E-state index in [4.69, 9.17) is 15.2 Å². The Labute approximate surface area is 221 Å². The molecular formula is C27H41N3O6S. The zero-order valence-corrected chi connectivity index (χ0v) is 23.1. The van der Waals surface area contributed by atoms with Crippen LogP contribution in [0.1, 0.15) is 45.1 Å². The molecular weight excluding hydrogens is 494 g/mol. The molecule has 2 rings (SSSR count). The largest absolute Gasteiger partial charge is 0.497 e. The van der Waals surface area contributed by atoms with Gasteiger partial charge in [0.2, 0.25) is 15.9 Å². The Hall–Kier alpha value is -2.82. The summed E-state index contributed by atoms with van der Waals surface area (Å²) in [4.78, 5) is 12.5. The summed E-state index contributed by atoms with van der Waals surface area (Å²) >= 11 is 0. The van der Waals surface area contributed by atoms with Gasteiger partial charge >= 0.3 is 0 Å². The molecule has 0 spiro atoms. The quantitative estimate of drug-likeness (QED) is 0.222. The zero-order valence-electron chi connectivity index (χ0n) is 22.3. The lowest BCUT2D eigenvalue weighted by molar-refractivity contribution is -0.121. The van der Waals surface area contributed by atoms with E-state index in [0.29, 0.717) is 62.4 Å². The maximum Gasteiger partial charge on any atom is 0.243 e. The average molecular weight is 536 g/mol. The minimum atomic E-state index is -3.79. The molecule has 0 radical (unpaired) electrons. The number of nitrogens with two attached hydrogens (primary N) is 1. The Morgan fingerprint density at radius 2 is 1.78 bits per heavy atom.